The summed E-state index contributed by atoms with van der Waals surface area (Å²) in [6.45, 7) is 1.87. The van der Waals surface area contributed by atoms with Crippen LogP contribution in [0.2, 0.25) is 10.0 Å². The molecule has 2 aromatic rings. The number of nitrogens with zero attached hydrogens (tertiary/aromatic N) is 2. The van der Waals surface area contributed by atoms with E-state index in [1.165, 1.54) is 0 Å². The number of benzene rings is 1. The first-order chi connectivity index (χ1) is 9.55. The first-order valence-corrected chi connectivity index (χ1v) is 6.53. The number of nitriles is 1. The van der Waals surface area contributed by atoms with Crippen molar-refractivity contribution in [3.63, 3.8) is 0 Å². The summed E-state index contributed by atoms with van der Waals surface area (Å²) in [4.78, 5) is 4.20. The monoisotopic (exact) mass is 307 g/mol. The van der Waals surface area contributed by atoms with Gasteiger partial charge >= 0.3 is 0 Å². The molecule has 6 heteroatoms. The molecule has 0 spiro atoms. The molecule has 1 N–H and O–H groups in total. The number of hydrogen-bond donors (Lipinski definition) is 1. The first-order valence-electron chi connectivity index (χ1n) is 5.77. The minimum Gasteiger partial charge on any atom is -0.437 e. The summed E-state index contributed by atoms with van der Waals surface area (Å²) < 4.78 is 5.69. The zero-order valence-electron chi connectivity index (χ0n) is 10.9. The Morgan fingerprint density at radius 1 is 1.25 bits per heavy atom. The van der Waals surface area contributed by atoms with E-state index in [0.717, 1.165) is 5.56 Å². The van der Waals surface area contributed by atoms with Gasteiger partial charge in [-0.05, 0) is 30.7 Å². The summed E-state index contributed by atoms with van der Waals surface area (Å²) in [6.07, 6.45) is 0. The number of hydrogen-bond acceptors (Lipinski definition) is 4. The van der Waals surface area contributed by atoms with Gasteiger partial charge in [0.05, 0.1) is 16.7 Å². The van der Waals surface area contributed by atoms with Gasteiger partial charge in [-0.2, -0.15) is 10.2 Å². The highest BCUT2D eigenvalue weighted by molar-refractivity contribution is 6.36. The van der Waals surface area contributed by atoms with Crippen molar-refractivity contribution in [2.75, 3.05) is 12.4 Å². The van der Waals surface area contributed by atoms with Gasteiger partial charge in [0.25, 0.3) is 0 Å². The first kappa shape index (κ1) is 14.4. The highest BCUT2D eigenvalue weighted by atomic mass is 35.5. The lowest BCUT2D eigenvalue weighted by Gasteiger charge is -2.11. The minimum atomic E-state index is 0.235. The number of aryl methyl sites for hydroxylation is 1. The van der Waals surface area contributed by atoms with Gasteiger partial charge in [0.15, 0.2) is 0 Å². The second kappa shape index (κ2) is 6.00. The molecule has 2 rings (SSSR count). The van der Waals surface area contributed by atoms with Gasteiger partial charge in [-0.25, -0.2) is 0 Å². The Bertz CT molecular complexity index is 696. The van der Waals surface area contributed by atoms with Crippen molar-refractivity contribution in [1.29, 1.82) is 5.26 Å². The smallest absolute Gasteiger partial charge is 0.240 e. The number of rotatable bonds is 3. The van der Waals surface area contributed by atoms with E-state index in [4.69, 9.17) is 33.2 Å². The molecule has 0 saturated heterocycles. The molecule has 1 aromatic carbocycles. The number of nitrogens with one attached hydrogen (secondary N) is 1. The summed E-state index contributed by atoms with van der Waals surface area (Å²) in [5, 5.41) is 12.5. The lowest BCUT2D eigenvalue weighted by molar-refractivity contribution is 0.460. The maximum Gasteiger partial charge on any atom is 0.240 e. The van der Waals surface area contributed by atoms with Gasteiger partial charge in [0.2, 0.25) is 5.88 Å². The van der Waals surface area contributed by atoms with Gasteiger partial charge in [-0.15, -0.1) is 0 Å². The fraction of sp³-hybridized carbons (Fsp3) is 0.143. The zero-order chi connectivity index (χ0) is 14.7. The molecule has 0 saturated carbocycles. The summed E-state index contributed by atoms with van der Waals surface area (Å²) in [5.41, 5.74) is 1.38. The Hall–Kier alpha value is -1.96. The maximum absolute atomic E-state index is 8.92. The Labute approximate surface area is 126 Å². The van der Waals surface area contributed by atoms with Crippen LogP contribution in [0.3, 0.4) is 0 Å². The SMILES string of the molecule is CNc1nc(Oc2cc(C#N)ccc2C)c(Cl)cc1Cl. The van der Waals surface area contributed by atoms with E-state index in [9.17, 15) is 0 Å². The number of anilines is 1. The Kier molecular flexibility index (Phi) is 4.33. The lowest BCUT2D eigenvalue weighted by Crippen LogP contribution is -1.97. The number of pyridine rings is 1. The standard InChI is InChI=1S/C14H11Cl2N3O/c1-8-3-4-9(7-17)5-12(8)20-14-11(16)6-10(15)13(18-2)19-14/h3-6H,1-2H3,(H,18,19). The third-order valence-corrected chi connectivity index (χ3v) is 3.22. The van der Waals surface area contributed by atoms with Crippen LogP contribution in [-0.2, 0) is 0 Å². The normalized spacial score (nSPS) is 9.95. The molecular formula is C14H11Cl2N3O. The van der Waals surface area contributed by atoms with Crippen LogP contribution in [0, 0.1) is 18.3 Å². The third kappa shape index (κ3) is 2.96. The maximum atomic E-state index is 8.92. The molecule has 1 heterocycles. The van der Waals surface area contributed by atoms with Crippen LogP contribution < -0.4 is 10.1 Å². The van der Waals surface area contributed by atoms with Crippen LogP contribution in [0.5, 0.6) is 11.6 Å². The topological polar surface area (TPSA) is 57.9 Å². The van der Waals surface area contributed by atoms with Crippen LogP contribution in [0.15, 0.2) is 24.3 Å². The molecule has 0 bridgehead atoms. The molecule has 0 amide bonds. The largest absolute Gasteiger partial charge is 0.437 e. The molecule has 0 aliphatic rings. The fourth-order valence-electron chi connectivity index (χ4n) is 1.58. The van der Waals surface area contributed by atoms with Crippen LogP contribution in [0.1, 0.15) is 11.1 Å². The third-order valence-electron chi connectivity index (χ3n) is 2.66. The van der Waals surface area contributed by atoms with E-state index < -0.39 is 0 Å². The number of halogens is 2. The Morgan fingerprint density at radius 2 is 2.00 bits per heavy atom. The van der Waals surface area contributed by atoms with E-state index in [2.05, 4.69) is 16.4 Å². The highest BCUT2D eigenvalue weighted by Crippen LogP contribution is 2.34. The van der Waals surface area contributed by atoms with Crippen LogP contribution in [0.4, 0.5) is 5.82 Å². The molecule has 102 valence electrons. The molecule has 0 radical (unpaired) electrons. The van der Waals surface area contributed by atoms with Crippen LogP contribution >= 0.6 is 23.2 Å². The quantitative estimate of drug-likeness (QED) is 0.913. The van der Waals surface area contributed by atoms with Crippen molar-refractivity contribution in [1.82, 2.24) is 4.98 Å². The predicted octanol–water partition coefficient (Wildman–Crippen LogP) is 4.40. The summed E-state index contributed by atoms with van der Waals surface area (Å²) in [6, 6.07) is 8.78. The summed E-state index contributed by atoms with van der Waals surface area (Å²) in [5.74, 6) is 1.24. The van der Waals surface area contributed by atoms with Gasteiger partial charge in [-0.3, -0.25) is 0 Å². The van der Waals surface area contributed by atoms with E-state index in [1.807, 2.05) is 6.92 Å². The fourth-order valence-corrected chi connectivity index (χ4v) is 2.07. The minimum absolute atomic E-state index is 0.235. The second-order valence-electron chi connectivity index (χ2n) is 4.05. The van der Waals surface area contributed by atoms with Gasteiger partial charge in [0, 0.05) is 7.05 Å². The van der Waals surface area contributed by atoms with Crippen molar-refractivity contribution < 1.29 is 4.74 Å². The highest BCUT2D eigenvalue weighted by Gasteiger charge is 2.12. The number of aromatic nitrogens is 1. The molecule has 0 fully saturated rings. The molecular weight excluding hydrogens is 297 g/mol. The molecule has 0 aliphatic carbocycles. The van der Waals surface area contributed by atoms with E-state index in [0.29, 0.717) is 27.2 Å². The van der Waals surface area contributed by atoms with Crippen molar-refractivity contribution in [3.8, 4) is 17.7 Å². The second-order valence-corrected chi connectivity index (χ2v) is 4.86. The Balaban J connectivity index is 2.42. The average molecular weight is 308 g/mol. The van der Waals surface area contributed by atoms with E-state index in [1.54, 1.807) is 31.3 Å². The molecule has 0 unspecified atom stereocenters. The van der Waals surface area contributed by atoms with E-state index >= 15 is 0 Å². The average Bonchev–Trinajstić information content (AvgIpc) is 2.44. The van der Waals surface area contributed by atoms with Crippen molar-refractivity contribution in [3.05, 3.63) is 45.4 Å². The summed E-state index contributed by atoms with van der Waals surface area (Å²) >= 11 is 12.0. The lowest BCUT2D eigenvalue weighted by atomic mass is 10.1. The van der Waals surface area contributed by atoms with Gasteiger partial charge in [0.1, 0.15) is 16.6 Å². The molecule has 0 aliphatic heterocycles. The molecule has 4 nitrogen and oxygen atoms in total. The van der Waals surface area contributed by atoms with Crippen LogP contribution in [-0.4, -0.2) is 12.0 Å². The Morgan fingerprint density at radius 3 is 2.65 bits per heavy atom. The van der Waals surface area contributed by atoms with Crippen molar-refractivity contribution >= 4 is 29.0 Å². The van der Waals surface area contributed by atoms with Crippen molar-refractivity contribution in [2.45, 2.75) is 6.92 Å². The predicted molar refractivity (Wildman–Crippen MR) is 79.8 cm³/mol. The van der Waals surface area contributed by atoms with Gasteiger partial charge < -0.3 is 10.1 Å². The molecule has 1 aromatic heterocycles. The summed E-state index contributed by atoms with van der Waals surface area (Å²) in [7, 11) is 1.70. The molecule has 20 heavy (non-hydrogen) atoms. The van der Waals surface area contributed by atoms with Crippen LogP contribution in [0.25, 0.3) is 0 Å². The molecule has 0 atom stereocenters. The number of ether oxygens (including phenoxy) is 1. The zero-order valence-corrected chi connectivity index (χ0v) is 12.4. The van der Waals surface area contributed by atoms with Gasteiger partial charge in [-0.1, -0.05) is 29.3 Å². The van der Waals surface area contributed by atoms with Crippen molar-refractivity contribution in [2.24, 2.45) is 0 Å². The van der Waals surface area contributed by atoms with E-state index in [-0.39, 0.29) is 5.88 Å².